The number of carbonyl (C=O) groups is 2. The molecule has 0 heterocycles. The zero-order valence-corrected chi connectivity index (χ0v) is 28.3. The molecule has 0 aliphatic heterocycles. The summed E-state index contributed by atoms with van der Waals surface area (Å²) in [6.45, 7) is 8.96. The maximum absolute atomic E-state index is 13.4. The van der Waals surface area contributed by atoms with Gasteiger partial charge in [-0.15, -0.1) is 0 Å². The second-order valence-electron chi connectivity index (χ2n) is 12.8. The van der Waals surface area contributed by atoms with E-state index in [0.717, 1.165) is 62.7 Å². The number of hydrogen-bond acceptors (Lipinski definition) is 2. The van der Waals surface area contributed by atoms with Gasteiger partial charge >= 0.3 is 0 Å². The van der Waals surface area contributed by atoms with Crippen molar-refractivity contribution in [1.82, 2.24) is 0 Å². The molecule has 0 fully saturated rings. The highest BCUT2D eigenvalue weighted by Crippen LogP contribution is 2.24. The summed E-state index contributed by atoms with van der Waals surface area (Å²) in [7, 11) is 0. The molecule has 242 valence electrons. The minimum atomic E-state index is 0.0658. The molecule has 1 aromatic carbocycles. The molecule has 0 saturated heterocycles. The normalized spacial score (nSPS) is 12.7. The van der Waals surface area contributed by atoms with Crippen LogP contribution in [-0.4, -0.2) is 11.8 Å². The average molecular weight is 585 g/mol. The van der Waals surface area contributed by atoms with Gasteiger partial charge in [0.2, 0.25) is 11.8 Å². The third kappa shape index (κ3) is 19.4. The van der Waals surface area contributed by atoms with Gasteiger partial charge in [0.15, 0.2) is 0 Å². The molecule has 2 amide bonds. The van der Waals surface area contributed by atoms with E-state index in [1.165, 1.54) is 103 Å². The van der Waals surface area contributed by atoms with Crippen LogP contribution in [0.25, 0.3) is 0 Å². The van der Waals surface area contributed by atoms with Gasteiger partial charge in [0.25, 0.3) is 0 Å². The van der Waals surface area contributed by atoms with E-state index in [9.17, 15) is 9.59 Å². The van der Waals surface area contributed by atoms with Crippen molar-refractivity contribution in [1.29, 1.82) is 0 Å². The van der Waals surface area contributed by atoms with Crippen LogP contribution in [0.5, 0.6) is 0 Å². The molecule has 42 heavy (non-hydrogen) atoms. The zero-order chi connectivity index (χ0) is 30.7. The van der Waals surface area contributed by atoms with Crippen LogP contribution in [0, 0.1) is 11.8 Å². The first-order valence-corrected chi connectivity index (χ1v) is 18.3. The minimum absolute atomic E-state index is 0.0658. The molecule has 0 bridgehead atoms. The van der Waals surface area contributed by atoms with E-state index in [1.807, 2.05) is 24.3 Å². The Balaban J connectivity index is 2.73. The van der Waals surface area contributed by atoms with Gasteiger partial charge in [-0.1, -0.05) is 162 Å². The number of unbranched alkanes of at least 4 members (excludes halogenated alkanes) is 16. The number of amides is 2. The van der Waals surface area contributed by atoms with Crippen molar-refractivity contribution in [2.24, 2.45) is 11.8 Å². The third-order valence-corrected chi connectivity index (χ3v) is 8.76. The van der Waals surface area contributed by atoms with Crippen molar-refractivity contribution in [3.8, 4) is 0 Å². The highest BCUT2D eigenvalue weighted by molar-refractivity contribution is 5.95. The van der Waals surface area contributed by atoms with Crippen molar-refractivity contribution in [2.45, 2.75) is 182 Å². The summed E-state index contributed by atoms with van der Waals surface area (Å²) in [5.74, 6) is 0.410. The lowest BCUT2D eigenvalue weighted by molar-refractivity contribution is -0.121. The van der Waals surface area contributed by atoms with Gasteiger partial charge in [-0.3, -0.25) is 9.59 Å². The monoisotopic (exact) mass is 585 g/mol. The van der Waals surface area contributed by atoms with Crippen LogP contribution in [0.3, 0.4) is 0 Å². The van der Waals surface area contributed by atoms with Gasteiger partial charge in [-0.25, -0.2) is 0 Å². The smallest absolute Gasteiger partial charge is 0.227 e. The summed E-state index contributed by atoms with van der Waals surface area (Å²) in [6.07, 6.45) is 28.5. The lowest BCUT2D eigenvalue weighted by Crippen LogP contribution is -2.24. The molecule has 0 aliphatic carbocycles. The Bertz CT molecular complexity index is 732. The number of carbonyl (C=O) groups excluding carboxylic acids is 2. The van der Waals surface area contributed by atoms with E-state index in [-0.39, 0.29) is 23.7 Å². The van der Waals surface area contributed by atoms with Crippen LogP contribution in [-0.2, 0) is 9.59 Å². The van der Waals surface area contributed by atoms with E-state index in [2.05, 4.69) is 38.3 Å². The number of anilines is 2. The summed E-state index contributed by atoms with van der Waals surface area (Å²) < 4.78 is 0. The maximum atomic E-state index is 13.4. The standard InChI is InChI=1S/C38H68N2O2/c1-5-9-13-17-19-23-28-33(26-21-15-11-7-3)37(41)39-35-30-25-31-36(32-35)40-38(42)34(27-22-16-12-8-4)29-24-20-18-14-10-6-2/h25,30-34H,5-24,26-29H2,1-4H3,(H,39,41)(H,40,42). The minimum Gasteiger partial charge on any atom is -0.326 e. The van der Waals surface area contributed by atoms with Gasteiger partial charge in [0, 0.05) is 23.2 Å². The molecule has 0 aliphatic rings. The van der Waals surface area contributed by atoms with Crippen molar-refractivity contribution in [3.63, 3.8) is 0 Å². The molecule has 0 spiro atoms. The van der Waals surface area contributed by atoms with E-state index in [4.69, 9.17) is 0 Å². The molecule has 2 N–H and O–H groups in total. The second kappa shape index (κ2) is 26.8. The number of benzene rings is 1. The first kappa shape index (κ1) is 38.2. The van der Waals surface area contributed by atoms with Crippen molar-refractivity contribution >= 4 is 23.2 Å². The Morgan fingerprint density at radius 2 is 0.762 bits per heavy atom. The van der Waals surface area contributed by atoms with Gasteiger partial charge in [-0.2, -0.15) is 0 Å². The summed E-state index contributed by atoms with van der Waals surface area (Å²) >= 11 is 0. The van der Waals surface area contributed by atoms with E-state index in [1.54, 1.807) is 0 Å². The Labute approximate surface area is 261 Å². The van der Waals surface area contributed by atoms with Gasteiger partial charge in [0.1, 0.15) is 0 Å². The summed E-state index contributed by atoms with van der Waals surface area (Å²) in [5.41, 5.74) is 1.57. The number of rotatable bonds is 28. The predicted molar refractivity (Wildman–Crippen MR) is 184 cm³/mol. The topological polar surface area (TPSA) is 58.2 Å². The van der Waals surface area contributed by atoms with Crippen LogP contribution >= 0.6 is 0 Å². The largest absolute Gasteiger partial charge is 0.326 e. The maximum Gasteiger partial charge on any atom is 0.227 e. The van der Waals surface area contributed by atoms with Crippen LogP contribution in [0.4, 0.5) is 11.4 Å². The van der Waals surface area contributed by atoms with E-state index < -0.39 is 0 Å². The van der Waals surface area contributed by atoms with Crippen LogP contribution in [0.2, 0.25) is 0 Å². The summed E-state index contributed by atoms with van der Waals surface area (Å²) in [5, 5.41) is 6.41. The summed E-state index contributed by atoms with van der Waals surface area (Å²) in [4.78, 5) is 26.7. The number of nitrogens with one attached hydrogen (secondary N) is 2. The molecule has 4 heteroatoms. The number of hydrogen-bond donors (Lipinski definition) is 2. The molecule has 2 unspecified atom stereocenters. The first-order valence-electron chi connectivity index (χ1n) is 18.3. The Morgan fingerprint density at radius 1 is 0.476 bits per heavy atom. The molecule has 2 atom stereocenters. The molecule has 4 nitrogen and oxygen atoms in total. The Hall–Kier alpha value is -1.84. The van der Waals surface area contributed by atoms with Crippen molar-refractivity contribution in [3.05, 3.63) is 24.3 Å². The molecule has 1 aromatic rings. The lowest BCUT2D eigenvalue weighted by Gasteiger charge is -2.19. The quantitative estimate of drug-likeness (QED) is 0.0962. The van der Waals surface area contributed by atoms with E-state index >= 15 is 0 Å². The van der Waals surface area contributed by atoms with Crippen molar-refractivity contribution < 1.29 is 9.59 Å². The fraction of sp³-hybridized carbons (Fsp3) is 0.789. The molecule has 0 saturated carbocycles. The molecular weight excluding hydrogens is 516 g/mol. The van der Waals surface area contributed by atoms with Gasteiger partial charge < -0.3 is 10.6 Å². The van der Waals surface area contributed by atoms with Crippen LogP contribution < -0.4 is 10.6 Å². The zero-order valence-electron chi connectivity index (χ0n) is 28.3. The van der Waals surface area contributed by atoms with E-state index in [0.29, 0.717) is 0 Å². The summed E-state index contributed by atoms with van der Waals surface area (Å²) in [6, 6.07) is 7.78. The van der Waals surface area contributed by atoms with Crippen LogP contribution in [0.15, 0.2) is 24.3 Å². The van der Waals surface area contributed by atoms with Gasteiger partial charge in [-0.05, 0) is 43.9 Å². The predicted octanol–water partition coefficient (Wildman–Crippen LogP) is 12.2. The Kier molecular flexibility index (Phi) is 24.3. The van der Waals surface area contributed by atoms with Crippen LogP contribution in [0.1, 0.15) is 182 Å². The average Bonchev–Trinajstić information content (AvgIpc) is 2.98. The fourth-order valence-electron chi connectivity index (χ4n) is 5.95. The fourth-order valence-corrected chi connectivity index (χ4v) is 5.95. The lowest BCUT2D eigenvalue weighted by atomic mass is 9.93. The molecular formula is C38H68N2O2. The molecule has 0 radical (unpaired) electrons. The highest BCUT2D eigenvalue weighted by atomic mass is 16.2. The van der Waals surface area contributed by atoms with Gasteiger partial charge in [0.05, 0.1) is 0 Å². The third-order valence-electron chi connectivity index (χ3n) is 8.76. The highest BCUT2D eigenvalue weighted by Gasteiger charge is 2.20. The molecule has 1 rings (SSSR count). The first-order chi connectivity index (χ1) is 20.5. The SMILES string of the molecule is CCCCCCCCC(CCCCCC)C(=O)Nc1cccc(NC(=O)C(CCCCCC)CCCCCCCC)c1. The second-order valence-corrected chi connectivity index (χ2v) is 12.8. The van der Waals surface area contributed by atoms with Crippen molar-refractivity contribution in [2.75, 3.05) is 10.6 Å². The molecule has 0 aromatic heterocycles. The Morgan fingerprint density at radius 3 is 1.10 bits per heavy atom.